The molecule has 0 aliphatic heterocycles. The van der Waals surface area contributed by atoms with Crippen LogP contribution >= 0.6 is 12.6 Å². The van der Waals surface area contributed by atoms with Crippen LogP contribution in [0.25, 0.3) is 5.57 Å². The fraction of sp³-hybridized carbons (Fsp3) is 0.0909. The summed E-state index contributed by atoms with van der Waals surface area (Å²) < 4.78 is 0. The summed E-state index contributed by atoms with van der Waals surface area (Å²) in [5.41, 5.74) is 0.941. The Bertz CT molecular complexity index is 363. The molecule has 1 aromatic rings. The van der Waals surface area contributed by atoms with Crippen molar-refractivity contribution in [1.29, 1.82) is 0 Å². The van der Waals surface area contributed by atoms with E-state index in [1.165, 1.54) is 0 Å². The number of hydrogen-bond donors (Lipinski definition) is 1. The minimum atomic E-state index is 0.681. The number of hydrogen-bond acceptors (Lipinski definition) is 3. The third kappa shape index (κ3) is 2.85. The predicted octanol–water partition coefficient (Wildman–Crippen LogP) is 2.91. The van der Waals surface area contributed by atoms with E-state index in [1.54, 1.807) is 18.5 Å². The number of aromatic nitrogens is 2. The molecule has 0 aliphatic carbocycles. The second-order valence-corrected chi connectivity index (χ2v) is 3.14. The molecule has 0 saturated heterocycles. The molecule has 0 spiro atoms. The van der Waals surface area contributed by atoms with Crippen LogP contribution in [-0.4, -0.2) is 9.97 Å². The molecule has 0 bridgehead atoms. The zero-order chi connectivity index (χ0) is 10.4. The average Bonchev–Trinajstić information content (AvgIpc) is 2.19. The Morgan fingerprint density at radius 1 is 1.43 bits per heavy atom. The molecular weight excluding hydrogens is 192 g/mol. The zero-order valence-electron chi connectivity index (χ0n) is 8.01. The molecule has 0 aliphatic rings. The van der Waals surface area contributed by atoms with Gasteiger partial charge in [0.15, 0.2) is 5.82 Å². The maximum Gasteiger partial charge on any atom is 0.159 e. The van der Waals surface area contributed by atoms with Crippen molar-refractivity contribution < 1.29 is 0 Å². The van der Waals surface area contributed by atoms with Gasteiger partial charge in [-0.05, 0) is 6.92 Å². The topological polar surface area (TPSA) is 25.8 Å². The quantitative estimate of drug-likeness (QED) is 0.605. The third-order valence-electron chi connectivity index (χ3n) is 1.54. The number of allylic oxidation sites excluding steroid dienone is 5. The summed E-state index contributed by atoms with van der Waals surface area (Å²) in [5, 5.41) is 0. The first-order chi connectivity index (χ1) is 6.77. The van der Waals surface area contributed by atoms with Gasteiger partial charge in [0.25, 0.3) is 0 Å². The Kier molecular flexibility index (Phi) is 4.13. The van der Waals surface area contributed by atoms with Gasteiger partial charge < -0.3 is 0 Å². The molecule has 1 heterocycles. The molecule has 2 nitrogen and oxygen atoms in total. The van der Waals surface area contributed by atoms with Crippen molar-refractivity contribution in [3.63, 3.8) is 0 Å². The highest BCUT2D eigenvalue weighted by Crippen LogP contribution is 2.12. The zero-order valence-corrected chi connectivity index (χ0v) is 8.91. The molecule has 0 aromatic carbocycles. The van der Waals surface area contributed by atoms with Gasteiger partial charge >= 0.3 is 0 Å². The van der Waals surface area contributed by atoms with Crippen LogP contribution in [0.2, 0.25) is 0 Å². The second-order valence-electron chi connectivity index (χ2n) is 2.62. The third-order valence-corrected chi connectivity index (χ3v) is 1.77. The molecule has 0 N–H and O–H groups in total. The average molecular weight is 204 g/mol. The van der Waals surface area contributed by atoms with E-state index in [1.807, 2.05) is 25.2 Å². The van der Waals surface area contributed by atoms with E-state index in [-0.39, 0.29) is 0 Å². The van der Waals surface area contributed by atoms with Crippen molar-refractivity contribution in [2.45, 2.75) is 11.8 Å². The van der Waals surface area contributed by atoms with Crippen molar-refractivity contribution >= 4 is 18.2 Å². The summed E-state index contributed by atoms with van der Waals surface area (Å²) in [6.45, 7) is 5.59. The van der Waals surface area contributed by atoms with Crippen LogP contribution in [0.3, 0.4) is 0 Å². The Hall–Kier alpha value is -1.35. The molecule has 72 valence electrons. The van der Waals surface area contributed by atoms with Crippen LogP contribution in [-0.2, 0) is 0 Å². The lowest BCUT2D eigenvalue weighted by Gasteiger charge is -1.99. The lowest BCUT2D eigenvalue weighted by atomic mass is 10.2. The van der Waals surface area contributed by atoms with Crippen LogP contribution in [0.15, 0.2) is 48.2 Å². The van der Waals surface area contributed by atoms with Gasteiger partial charge in [-0.25, -0.2) is 9.97 Å². The van der Waals surface area contributed by atoms with E-state index in [0.717, 1.165) is 10.5 Å². The smallest absolute Gasteiger partial charge is 0.159 e. The summed E-state index contributed by atoms with van der Waals surface area (Å²) in [5.74, 6) is 0.681. The summed E-state index contributed by atoms with van der Waals surface area (Å²) in [6.07, 6.45) is 10.8. The second kappa shape index (κ2) is 5.40. The summed E-state index contributed by atoms with van der Waals surface area (Å²) in [7, 11) is 0. The molecule has 3 heteroatoms. The largest absolute Gasteiger partial charge is 0.235 e. The van der Waals surface area contributed by atoms with Gasteiger partial charge in [0.05, 0.1) is 0 Å². The Balaban J connectivity index is 3.05. The fourth-order valence-electron chi connectivity index (χ4n) is 0.981. The molecule has 0 saturated carbocycles. The number of thiol groups is 1. The highest BCUT2D eigenvalue weighted by atomic mass is 32.1. The van der Waals surface area contributed by atoms with Crippen LogP contribution in [0.1, 0.15) is 12.7 Å². The van der Waals surface area contributed by atoms with Gasteiger partial charge in [-0.3, -0.25) is 0 Å². The van der Waals surface area contributed by atoms with Crippen LogP contribution in [0, 0.1) is 0 Å². The molecule has 0 radical (unpaired) electrons. The summed E-state index contributed by atoms with van der Waals surface area (Å²) in [4.78, 5) is 9.08. The predicted molar refractivity (Wildman–Crippen MR) is 62.3 cm³/mol. The van der Waals surface area contributed by atoms with E-state index < -0.39 is 0 Å². The maximum atomic E-state index is 4.16. The minimum Gasteiger partial charge on any atom is -0.235 e. The first kappa shape index (κ1) is 10.7. The maximum absolute atomic E-state index is 4.16. The lowest BCUT2D eigenvalue weighted by molar-refractivity contribution is 1.07. The number of nitrogens with zero attached hydrogens (tertiary/aromatic N) is 2. The molecular formula is C11H12N2S. The minimum absolute atomic E-state index is 0.681. The molecule has 0 amide bonds. The van der Waals surface area contributed by atoms with Crippen LogP contribution in [0.5, 0.6) is 0 Å². The Morgan fingerprint density at radius 3 is 2.57 bits per heavy atom. The van der Waals surface area contributed by atoms with Crippen LogP contribution < -0.4 is 0 Å². The summed E-state index contributed by atoms with van der Waals surface area (Å²) in [6, 6.07) is 0. The summed E-state index contributed by atoms with van der Waals surface area (Å²) >= 11 is 4.12. The van der Waals surface area contributed by atoms with Crippen molar-refractivity contribution in [3.05, 3.63) is 49.1 Å². The first-order valence-corrected chi connectivity index (χ1v) is 4.69. The first-order valence-electron chi connectivity index (χ1n) is 4.24. The van der Waals surface area contributed by atoms with E-state index in [4.69, 9.17) is 0 Å². The molecule has 1 aromatic heterocycles. The van der Waals surface area contributed by atoms with Crippen molar-refractivity contribution in [1.82, 2.24) is 9.97 Å². The number of rotatable bonds is 3. The lowest BCUT2D eigenvalue weighted by Crippen LogP contribution is -1.91. The Labute approximate surface area is 89.5 Å². The van der Waals surface area contributed by atoms with Gasteiger partial charge in [-0.15, -0.1) is 12.6 Å². The highest BCUT2D eigenvalue weighted by molar-refractivity contribution is 7.80. The Morgan fingerprint density at radius 2 is 2.07 bits per heavy atom. The van der Waals surface area contributed by atoms with Crippen LogP contribution in [0.4, 0.5) is 0 Å². The normalized spacial score (nSPS) is 12.0. The van der Waals surface area contributed by atoms with Gasteiger partial charge in [0.1, 0.15) is 0 Å². The van der Waals surface area contributed by atoms with Crippen molar-refractivity contribution in [2.24, 2.45) is 0 Å². The van der Waals surface area contributed by atoms with Gasteiger partial charge in [0.2, 0.25) is 0 Å². The fourth-order valence-corrected chi connectivity index (χ4v) is 1.10. The molecule has 1 rings (SSSR count). The van der Waals surface area contributed by atoms with E-state index in [0.29, 0.717) is 5.82 Å². The highest BCUT2D eigenvalue weighted by Gasteiger charge is 1.98. The SMILES string of the molecule is C=C/C=C(\C=C/C)c1ncc(S)cn1. The molecule has 14 heavy (non-hydrogen) atoms. The van der Waals surface area contributed by atoms with E-state index >= 15 is 0 Å². The van der Waals surface area contributed by atoms with Gasteiger partial charge in [0, 0.05) is 22.9 Å². The van der Waals surface area contributed by atoms with E-state index in [2.05, 4.69) is 29.2 Å². The van der Waals surface area contributed by atoms with Crippen molar-refractivity contribution in [3.8, 4) is 0 Å². The molecule has 0 atom stereocenters. The van der Waals surface area contributed by atoms with Crippen molar-refractivity contribution in [2.75, 3.05) is 0 Å². The standard InChI is InChI=1S/C11H12N2S/c1-3-5-9(6-4-2)11-12-7-10(14)8-13-11/h3-8,14H,1H2,2H3/b6-4-,9-5+. The molecule has 0 fully saturated rings. The van der Waals surface area contributed by atoms with Gasteiger partial charge in [-0.2, -0.15) is 0 Å². The molecule has 0 unspecified atom stereocenters. The van der Waals surface area contributed by atoms with E-state index in [9.17, 15) is 0 Å². The van der Waals surface area contributed by atoms with Gasteiger partial charge in [-0.1, -0.05) is 30.9 Å². The monoisotopic (exact) mass is 204 g/mol.